The third kappa shape index (κ3) is 5.54. The fraction of sp³-hybridized carbons (Fsp3) is 0.239. The summed E-state index contributed by atoms with van der Waals surface area (Å²) in [5.41, 5.74) is 11.5. The third-order valence-electron chi connectivity index (χ3n) is 11.3. The van der Waals surface area contributed by atoms with Crippen LogP contribution in [0.2, 0.25) is 0 Å². The molecule has 0 saturated heterocycles. The zero-order valence-corrected chi connectivity index (χ0v) is 30.0. The van der Waals surface area contributed by atoms with Crippen LogP contribution in [0.5, 0.6) is 0 Å². The molecule has 0 saturated carbocycles. The highest BCUT2D eigenvalue weighted by Gasteiger charge is 2.48. The van der Waals surface area contributed by atoms with Gasteiger partial charge in [0.15, 0.2) is 6.17 Å². The Hall–Kier alpha value is -5.95. The van der Waals surface area contributed by atoms with Crippen molar-refractivity contribution in [2.45, 2.75) is 51.2 Å². The maximum Gasteiger partial charge on any atom is 0.169 e. The van der Waals surface area contributed by atoms with Crippen LogP contribution in [0.4, 0.5) is 11.4 Å². The Kier molecular flexibility index (Phi) is 7.93. The minimum Gasteiger partial charge on any atom is -0.378 e. The molecule has 3 aliphatic carbocycles. The molecule has 0 amide bonds. The van der Waals surface area contributed by atoms with Gasteiger partial charge in [0, 0.05) is 51.8 Å². The van der Waals surface area contributed by atoms with Gasteiger partial charge < -0.3 is 15.5 Å². The number of para-hydroxylation sites is 1. The molecule has 3 aromatic rings. The first-order valence-corrected chi connectivity index (χ1v) is 19.1. The number of amidine groups is 2. The van der Waals surface area contributed by atoms with Crippen molar-refractivity contribution in [3.05, 3.63) is 173 Å². The van der Waals surface area contributed by atoms with Crippen LogP contribution in [0.25, 0.3) is 5.70 Å². The van der Waals surface area contributed by atoms with E-state index in [-0.39, 0.29) is 18.1 Å². The molecule has 3 aromatic carbocycles. The molecule has 4 unspecified atom stereocenters. The molecule has 7 nitrogen and oxygen atoms in total. The molecule has 0 bridgehead atoms. The van der Waals surface area contributed by atoms with Gasteiger partial charge in [-0.1, -0.05) is 110 Å². The summed E-state index contributed by atoms with van der Waals surface area (Å²) in [6.07, 6.45) is 25.1. The van der Waals surface area contributed by atoms with Gasteiger partial charge in [-0.15, -0.1) is 0 Å². The number of nitrogens with one attached hydrogen (secondary N) is 2. The fourth-order valence-corrected chi connectivity index (χ4v) is 8.86. The molecule has 4 atom stereocenters. The highest BCUT2D eigenvalue weighted by Crippen LogP contribution is 2.53. The Balaban J connectivity index is 1.16. The second-order valence-corrected chi connectivity index (χ2v) is 14.7. The molecule has 7 heteroatoms. The molecule has 10 rings (SSSR count). The number of nitrogens with zero attached hydrogens (tertiary/aromatic N) is 5. The van der Waals surface area contributed by atoms with E-state index in [1.54, 1.807) is 0 Å². The number of rotatable bonds is 5. The number of anilines is 2. The Morgan fingerprint density at radius 1 is 0.849 bits per heavy atom. The van der Waals surface area contributed by atoms with Gasteiger partial charge in [-0.05, 0) is 67.9 Å². The maximum atomic E-state index is 5.29. The van der Waals surface area contributed by atoms with Crippen molar-refractivity contribution in [3.63, 3.8) is 0 Å². The van der Waals surface area contributed by atoms with Crippen molar-refractivity contribution in [1.82, 2.24) is 10.6 Å². The van der Waals surface area contributed by atoms with E-state index < -0.39 is 0 Å². The molecular weight excluding hydrogens is 651 g/mol. The lowest BCUT2D eigenvalue weighted by atomic mass is 9.81. The van der Waals surface area contributed by atoms with Gasteiger partial charge in [-0.3, -0.25) is 9.89 Å². The Morgan fingerprint density at radius 3 is 2.60 bits per heavy atom. The van der Waals surface area contributed by atoms with Crippen molar-refractivity contribution in [2.24, 2.45) is 26.8 Å². The van der Waals surface area contributed by atoms with E-state index in [0.29, 0.717) is 12.5 Å². The first kappa shape index (κ1) is 31.8. The normalized spacial score (nSPS) is 25.6. The van der Waals surface area contributed by atoms with Crippen LogP contribution in [-0.2, 0) is 0 Å². The van der Waals surface area contributed by atoms with Crippen LogP contribution < -0.4 is 20.4 Å². The first-order valence-electron chi connectivity index (χ1n) is 19.1. The predicted octanol–water partition coefficient (Wildman–Crippen LogP) is 9.12. The number of hydrogen-bond donors (Lipinski definition) is 2. The average molecular weight is 694 g/mol. The van der Waals surface area contributed by atoms with E-state index in [2.05, 4.69) is 149 Å². The van der Waals surface area contributed by atoms with Gasteiger partial charge >= 0.3 is 0 Å². The SMILES string of the molecule is CC1C=CC2C3=C(N(C4=CCCC=C4)c4ccccc4C4=C3N=CCN4)N(c3cccc(C4N=C(C5=CC=CCC5)NC(c5ccccc5)=N4)c3)C2C1. The molecular formula is C46H43N7. The lowest BCUT2D eigenvalue weighted by molar-refractivity contribution is 0.454. The Bertz CT molecular complexity index is 2300. The monoisotopic (exact) mass is 693 g/mol. The molecule has 7 aliphatic rings. The fourth-order valence-electron chi connectivity index (χ4n) is 8.86. The van der Waals surface area contributed by atoms with Crippen LogP contribution in [0.3, 0.4) is 0 Å². The second kappa shape index (κ2) is 13.2. The van der Waals surface area contributed by atoms with E-state index >= 15 is 0 Å². The van der Waals surface area contributed by atoms with Gasteiger partial charge in [-0.2, -0.15) is 0 Å². The summed E-state index contributed by atoms with van der Waals surface area (Å²) in [4.78, 5) is 20.9. The van der Waals surface area contributed by atoms with Crippen LogP contribution in [-0.4, -0.2) is 30.5 Å². The molecule has 2 N–H and O–H groups in total. The first-order chi connectivity index (χ1) is 26.2. The van der Waals surface area contributed by atoms with Gasteiger partial charge in [0.2, 0.25) is 0 Å². The Morgan fingerprint density at radius 2 is 1.74 bits per heavy atom. The lowest BCUT2D eigenvalue weighted by Gasteiger charge is -2.40. The van der Waals surface area contributed by atoms with E-state index in [0.717, 1.165) is 72.0 Å². The third-order valence-corrected chi connectivity index (χ3v) is 11.3. The van der Waals surface area contributed by atoms with Crippen LogP contribution >= 0.6 is 0 Å². The van der Waals surface area contributed by atoms with E-state index in [1.807, 2.05) is 12.3 Å². The van der Waals surface area contributed by atoms with Gasteiger partial charge in [-0.25, -0.2) is 9.98 Å². The zero-order valence-electron chi connectivity index (χ0n) is 30.0. The molecule has 53 heavy (non-hydrogen) atoms. The lowest BCUT2D eigenvalue weighted by Crippen LogP contribution is -2.41. The van der Waals surface area contributed by atoms with Crippen molar-refractivity contribution >= 4 is 35.0 Å². The van der Waals surface area contributed by atoms with Crippen molar-refractivity contribution in [1.29, 1.82) is 0 Å². The smallest absolute Gasteiger partial charge is 0.169 e. The highest BCUT2D eigenvalue weighted by atomic mass is 15.4. The quantitative estimate of drug-likeness (QED) is 0.262. The summed E-state index contributed by atoms with van der Waals surface area (Å²) < 4.78 is 0. The summed E-state index contributed by atoms with van der Waals surface area (Å²) in [6, 6.07) is 28.5. The summed E-state index contributed by atoms with van der Waals surface area (Å²) in [7, 11) is 0. The maximum absolute atomic E-state index is 5.29. The van der Waals surface area contributed by atoms with E-state index in [1.165, 1.54) is 33.9 Å². The number of benzene rings is 3. The molecule has 0 spiro atoms. The van der Waals surface area contributed by atoms with Crippen molar-refractivity contribution < 1.29 is 0 Å². The predicted molar refractivity (Wildman–Crippen MR) is 218 cm³/mol. The zero-order chi connectivity index (χ0) is 35.3. The van der Waals surface area contributed by atoms with Crippen LogP contribution in [0, 0.1) is 11.8 Å². The van der Waals surface area contributed by atoms with E-state index in [9.17, 15) is 0 Å². The number of allylic oxidation sites excluding steroid dienone is 8. The highest BCUT2D eigenvalue weighted by molar-refractivity contribution is 6.15. The van der Waals surface area contributed by atoms with Crippen molar-refractivity contribution in [2.75, 3.05) is 16.3 Å². The average Bonchev–Trinajstić information content (AvgIpc) is 3.49. The number of hydrogen-bond acceptors (Lipinski definition) is 7. The molecule has 0 radical (unpaired) electrons. The summed E-state index contributed by atoms with van der Waals surface area (Å²) >= 11 is 0. The molecule has 0 aromatic heterocycles. The topological polar surface area (TPSA) is 67.6 Å². The summed E-state index contributed by atoms with van der Waals surface area (Å²) in [6.45, 7) is 3.05. The minimum atomic E-state index is -0.387. The van der Waals surface area contributed by atoms with Gasteiger partial charge in [0.05, 0.1) is 23.6 Å². The second-order valence-electron chi connectivity index (χ2n) is 14.7. The van der Waals surface area contributed by atoms with Gasteiger partial charge in [0.1, 0.15) is 17.5 Å². The minimum absolute atomic E-state index is 0.175. The molecule has 262 valence electrons. The number of aliphatic imine (C=N–C) groups is 3. The summed E-state index contributed by atoms with van der Waals surface area (Å²) in [5, 5.41) is 7.36. The standard InChI is InChI=1S/C46H43N7/c1-30-24-25-36-39(28-30)53(46-40(36)42-41(47-26-27-48-42)37-22-11-12-23-38(37)52(46)34-19-9-4-10-20-34)35-21-13-18-33(29-35)45-50-43(31-14-5-2-6-15-31)49-44(51-45)32-16-7-3-8-17-32/h2-3,5-7,9,11-16,18-25,27,29-30,36,39,45,47H,4,8,10,17,26,28H2,1H3,(H,49,50,51). The molecule has 0 fully saturated rings. The van der Waals surface area contributed by atoms with Crippen LogP contribution in [0.15, 0.2) is 171 Å². The molecule has 4 aliphatic heterocycles. The van der Waals surface area contributed by atoms with Gasteiger partial charge in [0.25, 0.3) is 0 Å². The van der Waals surface area contributed by atoms with E-state index in [4.69, 9.17) is 15.0 Å². The number of fused-ring (bicyclic) bond motifs is 5. The largest absolute Gasteiger partial charge is 0.378 e. The van der Waals surface area contributed by atoms with Crippen LogP contribution in [0.1, 0.15) is 61.9 Å². The molecule has 4 heterocycles. The van der Waals surface area contributed by atoms with Crippen molar-refractivity contribution in [3.8, 4) is 0 Å². The Labute approximate surface area is 311 Å². The summed E-state index contributed by atoms with van der Waals surface area (Å²) in [5.74, 6) is 3.57.